The van der Waals surface area contributed by atoms with Crippen LogP contribution in [0.25, 0.3) is 0 Å². The third kappa shape index (κ3) is 4.19. The van der Waals surface area contributed by atoms with Crippen LogP contribution in [0.15, 0.2) is 18.2 Å². The molecule has 8 nitrogen and oxygen atoms in total. The molecule has 110 valence electrons. The molecular formula is C12H19N5O3. The molecule has 0 radical (unpaired) electrons. The number of likely N-dealkylation sites (N-methyl/N-ethyl adjacent to an activating group) is 1. The Morgan fingerprint density at radius 1 is 1.20 bits per heavy atom. The Labute approximate surface area is 117 Å². The van der Waals surface area contributed by atoms with Gasteiger partial charge in [-0.3, -0.25) is 20.4 Å². The fourth-order valence-corrected chi connectivity index (χ4v) is 1.47. The lowest BCUT2D eigenvalue weighted by molar-refractivity contribution is 0.0938. The maximum atomic E-state index is 11.6. The van der Waals surface area contributed by atoms with Crippen LogP contribution in [0.3, 0.4) is 0 Å². The molecule has 0 saturated carbocycles. The lowest BCUT2D eigenvalue weighted by atomic mass is 10.1. The van der Waals surface area contributed by atoms with E-state index in [9.17, 15) is 9.59 Å². The number of nitrogens with two attached hydrogens (primary N) is 2. The summed E-state index contributed by atoms with van der Waals surface area (Å²) in [6, 6.07) is 4.37. The van der Waals surface area contributed by atoms with E-state index in [0.717, 1.165) is 0 Å². The number of nitrogens with one attached hydrogen (secondary N) is 2. The van der Waals surface area contributed by atoms with Crippen LogP contribution in [0, 0.1) is 0 Å². The number of amides is 2. The predicted octanol–water partition coefficient (Wildman–Crippen LogP) is -1.17. The van der Waals surface area contributed by atoms with Crippen LogP contribution < -0.4 is 27.3 Å². The topological polar surface area (TPSA) is 123 Å². The van der Waals surface area contributed by atoms with Crippen molar-refractivity contribution in [2.45, 2.75) is 0 Å². The summed E-state index contributed by atoms with van der Waals surface area (Å²) in [7, 11) is 3.80. The normalized spacial score (nSPS) is 10.2. The summed E-state index contributed by atoms with van der Waals surface area (Å²) < 4.78 is 5.53. The molecular weight excluding hydrogens is 262 g/mol. The average Bonchev–Trinajstić information content (AvgIpc) is 2.45. The van der Waals surface area contributed by atoms with E-state index in [0.29, 0.717) is 18.7 Å². The maximum absolute atomic E-state index is 11.6. The van der Waals surface area contributed by atoms with Gasteiger partial charge in [0.15, 0.2) is 0 Å². The van der Waals surface area contributed by atoms with E-state index in [1.165, 1.54) is 18.2 Å². The highest BCUT2D eigenvalue weighted by molar-refractivity contribution is 5.99. The third-order valence-corrected chi connectivity index (χ3v) is 2.55. The van der Waals surface area contributed by atoms with Crippen molar-refractivity contribution >= 4 is 11.8 Å². The molecule has 0 aliphatic carbocycles. The molecule has 0 aliphatic heterocycles. The predicted molar refractivity (Wildman–Crippen MR) is 73.8 cm³/mol. The van der Waals surface area contributed by atoms with E-state index in [1.807, 2.05) is 29.8 Å². The second-order valence-corrected chi connectivity index (χ2v) is 4.31. The van der Waals surface area contributed by atoms with Crippen molar-refractivity contribution in [3.8, 4) is 5.75 Å². The van der Waals surface area contributed by atoms with Crippen molar-refractivity contribution in [3.63, 3.8) is 0 Å². The monoisotopic (exact) mass is 281 g/mol. The van der Waals surface area contributed by atoms with Crippen LogP contribution in [0.5, 0.6) is 5.75 Å². The molecule has 8 heteroatoms. The number of ether oxygens (including phenoxy) is 1. The van der Waals surface area contributed by atoms with Gasteiger partial charge in [0.1, 0.15) is 12.4 Å². The van der Waals surface area contributed by atoms with E-state index in [1.54, 1.807) is 0 Å². The molecule has 1 aromatic carbocycles. The number of carbonyl (C=O) groups is 2. The standard InChI is InChI=1S/C12H19N5O3/c1-17(2)5-6-20-10-7-8(11(18)15-13)3-4-9(10)12(19)16-14/h3-4,7H,5-6,13-14H2,1-2H3,(H,15,18)(H,16,19). The number of rotatable bonds is 6. The average molecular weight is 281 g/mol. The number of benzene rings is 1. The van der Waals surface area contributed by atoms with Gasteiger partial charge in [-0.05, 0) is 32.3 Å². The fourth-order valence-electron chi connectivity index (χ4n) is 1.47. The smallest absolute Gasteiger partial charge is 0.268 e. The summed E-state index contributed by atoms with van der Waals surface area (Å²) in [5, 5.41) is 0. The van der Waals surface area contributed by atoms with Crippen molar-refractivity contribution in [1.82, 2.24) is 15.8 Å². The summed E-state index contributed by atoms with van der Waals surface area (Å²) in [5.41, 5.74) is 4.59. The van der Waals surface area contributed by atoms with Gasteiger partial charge in [-0.2, -0.15) is 0 Å². The molecule has 0 unspecified atom stereocenters. The minimum absolute atomic E-state index is 0.250. The number of hydrazine groups is 2. The number of hydrogen-bond acceptors (Lipinski definition) is 6. The number of hydrogen-bond donors (Lipinski definition) is 4. The van der Waals surface area contributed by atoms with Gasteiger partial charge in [-0.1, -0.05) is 0 Å². The molecule has 2 amide bonds. The molecule has 0 atom stereocenters. The van der Waals surface area contributed by atoms with E-state index in [-0.39, 0.29) is 11.3 Å². The van der Waals surface area contributed by atoms with E-state index in [4.69, 9.17) is 16.4 Å². The number of nitrogen functional groups attached to an aromatic ring is 2. The highest BCUT2D eigenvalue weighted by Gasteiger charge is 2.15. The Kier molecular flexibility index (Phi) is 5.91. The maximum Gasteiger partial charge on any atom is 0.268 e. The summed E-state index contributed by atoms with van der Waals surface area (Å²) in [5.74, 6) is 9.49. The Morgan fingerprint density at radius 2 is 1.85 bits per heavy atom. The highest BCUT2D eigenvalue weighted by atomic mass is 16.5. The molecule has 0 bridgehead atoms. The minimum atomic E-state index is -0.496. The van der Waals surface area contributed by atoms with Gasteiger partial charge in [0.25, 0.3) is 11.8 Å². The van der Waals surface area contributed by atoms with Crippen LogP contribution in [-0.2, 0) is 0 Å². The molecule has 0 spiro atoms. The SMILES string of the molecule is CN(C)CCOc1cc(C(=O)NN)ccc1C(=O)NN. The van der Waals surface area contributed by atoms with Crippen molar-refractivity contribution in [1.29, 1.82) is 0 Å². The van der Waals surface area contributed by atoms with E-state index < -0.39 is 11.8 Å². The zero-order valence-electron chi connectivity index (χ0n) is 11.5. The van der Waals surface area contributed by atoms with Crippen molar-refractivity contribution in [2.24, 2.45) is 11.7 Å². The van der Waals surface area contributed by atoms with Gasteiger partial charge in [0.05, 0.1) is 5.56 Å². The molecule has 0 fully saturated rings. The van der Waals surface area contributed by atoms with Crippen LogP contribution in [0.4, 0.5) is 0 Å². The van der Waals surface area contributed by atoms with Gasteiger partial charge >= 0.3 is 0 Å². The van der Waals surface area contributed by atoms with Gasteiger partial charge < -0.3 is 9.64 Å². The van der Waals surface area contributed by atoms with E-state index >= 15 is 0 Å². The van der Waals surface area contributed by atoms with Gasteiger partial charge in [0.2, 0.25) is 0 Å². The number of nitrogens with zero attached hydrogens (tertiary/aromatic N) is 1. The van der Waals surface area contributed by atoms with Gasteiger partial charge in [-0.25, -0.2) is 11.7 Å². The first-order chi connectivity index (χ1) is 9.49. The lowest BCUT2D eigenvalue weighted by Gasteiger charge is -2.14. The Hall–Kier alpha value is -2.16. The molecule has 0 heterocycles. The Bertz CT molecular complexity index is 490. The quantitative estimate of drug-likeness (QED) is 0.296. The first-order valence-electron chi connectivity index (χ1n) is 5.93. The molecule has 0 aromatic heterocycles. The first kappa shape index (κ1) is 15.9. The first-order valence-corrected chi connectivity index (χ1v) is 5.93. The highest BCUT2D eigenvalue weighted by Crippen LogP contribution is 2.20. The minimum Gasteiger partial charge on any atom is -0.491 e. The molecule has 1 rings (SSSR count). The van der Waals surface area contributed by atoms with Gasteiger partial charge in [-0.15, -0.1) is 0 Å². The van der Waals surface area contributed by atoms with Crippen molar-refractivity contribution in [3.05, 3.63) is 29.3 Å². The molecule has 0 aliphatic rings. The largest absolute Gasteiger partial charge is 0.491 e. The van der Waals surface area contributed by atoms with Crippen molar-refractivity contribution in [2.75, 3.05) is 27.2 Å². The lowest BCUT2D eigenvalue weighted by Crippen LogP contribution is -2.32. The number of carbonyl (C=O) groups excluding carboxylic acids is 2. The zero-order chi connectivity index (χ0) is 15.1. The Balaban J connectivity index is 2.99. The Morgan fingerprint density at radius 3 is 2.40 bits per heavy atom. The molecule has 6 N–H and O–H groups in total. The van der Waals surface area contributed by atoms with Crippen LogP contribution in [0.2, 0.25) is 0 Å². The van der Waals surface area contributed by atoms with Gasteiger partial charge in [0, 0.05) is 12.1 Å². The molecule has 0 saturated heterocycles. The zero-order valence-corrected chi connectivity index (χ0v) is 11.5. The van der Waals surface area contributed by atoms with Crippen LogP contribution in [0.1, 0.15) is 20.7 Å². The third-order valence-electron chi connectivity index (χ3n) is 2.55. The summed E-state index contributed by atoms with van der Waals surface area (Å²) in [6.45, 7) is 1.03. The van der Waals surface area contributed by atoms with Crippen molar-refractivity contribution < 1.29 is 14.3 Å². The summed E-state index contributed by atoms with van der Waals surface area (Å²) >= 11 is 0. The van der Waals surface area contributed by atoms with Crippen LogP contribution in [-0.4, -0.2) is 44.0 Å². The summed E-state index contributed by atoms with van der Waals surface area (Å²) in [6.07, 6.45) is 0. The van der Waals surface area contributed by atoms with E-state index in [2.05, 4.69) is 0 Å². The second kappa shape index (κ2) is 7.43. The van der Waals surface area contributed by atoms with Crippen LogP contribution >= 0.6 is 0 Å². The molecule has 20 heavy (non-hydrogen) atoms. The fraction of sp³-hybridized carbons (Fsp3) is 0.333. The summed E-state index contributed by atoms with van der Waals surface area (Å²) in [4.78, 5) is 25.0. The molecule has 1 aromatic rings. The second-order valence-electron chi connectivity index (χ2n) is 4.31.